The summed E-state index contributed by atoms with van der Waals surface area (Å²) < 4.78 is 1.98. The molecule has 0 atom stereocenters. The van der Waals surface area contributed by atoms with E-state index in [1.807, 2.05) is 47.9 Å². The summed E-state index contributed by atoms with van der Waals surface area (Å²) in [4.78, 5) is 12.4. The average molecular weight is 493 g/mol. The minimum atomic E-state index is -0.0826. The number of nitrogens with one attached hydrogen (secondary N) is 1. The maximum atomic E-state index is 12.4. The van der Waals surface area contributed by atoms with Crippen molar-refractivity contribution in [2.75, 3.05) is 11.1 Å². The summed E-state index contributed by atoms with van der Waals surface area (Å²) in [5.41, 5.74) is 2.86. The molecule has 1 heterocycles. The summed E-state index contributed by atoms with van der Waals surface area (Å²) in [6.45, 7) is 6.36. The van der Waals surface area contributed by atoms with Gasteiger partial charge in [0.25, 0.3) is 0 Å². The Kier molecular flexibility index (Phi) is 8.90. The molecule has 5 nitrogen and oxygen atoms in total. The molecule has 0 saturated carbocycles. The number of para-hydroxylation sites is 1. The van der Waals surface area contributed by atoms with E-state index in [9.17, 15) is 4.79 Å². The second-order valence-electron chi connectivity index (χ2n) is 6.68. The molecule has 0 radical (unpaired) electrons. The fourth-order valence-corrected chi connectivity index (χ4v) is 5.06. The molecule has 0 spiro atoms. The van der Waals surface area contributed by atoms with Gasteiger partial charge in [-0.05, 0) is 36.2 Å². The molecule has 0 saturated heterocycles. The van der Waals surface area contributed by atoms with E-state index in [-0.39, 0.29) is 11.7 Å². The Morgan fingerprint density at radius 3 is 2.74 bits per heavy atom. The summed E-state index contributed by atoms with van der Waals surface area (Å²) in [5.74, 6) is 2.39. The second kappa shape index (κ2) is 11.6. The maximum absolute atomic E-state index is 12.4. The van der Waals surface area contributed by atoms with Gasteiger partial charge < -0.3 is 9.88 Å². The predicted octanol–water partition coefficient (Wildman–Crippen LogP) is 6.24. The third-order valence-corrected chi connectivity index (χ3v) is 6.89. The number of aryl methyl sites for hydroxylation is 1. The average Bonchev–Trinajstić information content (AvgIpc) is 3.12. The van der Waals surface area contributed by atoms with E-state index in [0.29, 0.717) is 27.5 Å². The molecule has 0 aliphatic carbocycles. The number of carbonyl (C=O) groups is 1. The van der Waals surface area contributed by atoms with Crippen molar-refractivity contribution in [1.29, 1.82) is 0 Å². The molecular weight excluding hydrogens is 471 g/mol. The number of allylic oxidation sites excluding steroid dienone is 1. The van der Waals surface area contributed by atoms with E-state index in [2.05, 4.69) is 22.1 Å². The van der Waals surface area contributed by atoms with Gasteiger partial charge in [-0.3, -0.25) is 4.79 Å². The minimum Gasteiger partial charge on any atom is -0.325 e. The van der Waals surface area contributed by atoms with Crippen LogP contribution in [0.4, 0.5) is 5.69 Å². The predicted molar refractivity (Wildman–Crippen MR) is 132 cm³/mol. The first-order valence-corrected chi connectivity index (χ1v) is 12.4. The van der Waals surface area contributed by atoms with E-state index in [4.69, 9.17) is 23.2 Å². The van der Waals surface area contributed by atoms with Crippen molar-refractivity contribution in [2.45, 2.75) is 30.1 Å². The first-order valence-electron chi connectivity index (χ1n) is 9.51. The highest BCUT2D eigenvalue weighted by atomic mass is 35.5. The van der Waals surface area contributed by atoms with Crippen LogP contribution in [0.15, 0.2) is 60.3 Å². The Morgan fingerprint density at radius 2 is 2.00 bits per heavy atom. The van der Waals surface area contributed by atoms with Gasteiger partial charge in [-0.25, -0.2) is 0 Å². The maximum Gasteiger partial charge on any atom is 0.234 e. The van der Waals surface area contributed by atoms with Crippen LogP contribution in [0.5, 0.6) is 0 Å². The molecule has 1 N–H and O–H groups in total. The summed E-state index contributed by atoms with van der Waals surface area (Å²) in [6.07, 6.45) is 1.80. The number of amides is 1. The SMILES string of the molecule is C=CCn1c(CSCc2ccc(Cl)cc2Cl)nnc1SCC(=O)Nc1ccccc1C. The van der Waals surface area contributed by atoms with Gasteiger partial charge in [0, 0.05) is 28.0 Å². The van der Waals surface area contributed by atoms with Crippen LogP contribution in [0.25, 0.3) is 0 Å². The van der Waals surface area contributed by atoms with Crippen molar-refractivity contribution in [3.8, 4) is 0 Å². The highest BCUT2D eigenvalue weighted by Crippen LogP contribution is 2.27. The van der Waals surface area contributed by atoms with Crippen LogP contribution in [-0.4, -0.2) is 26.4 Å². The molecule has 3 rings (SSSR count). The van der Waals surface area contributed by atoms with E-state index in [0.717, 1.165) is 28.4 Å². The zero-order chi connectivity index (χ0) is 22.2. The largest absolute Gasteiger partial charge is 0.325 e. The Bertz CT molecular complexity index is 1070. The summed E-state index contributed by atoms with van der Waals surface area (Å²) in [5, 5.41) is 13.5. The Balaban J connectivity index is 1.58. The normalized spacial score (nSPS) is 10.8. The van der Waals surface area contributed by atoms with Gasteiger partial charge in [-0.2, -0.15) is 0 Å². The molecule has 9 heteroatoms. The number of hydrogen-bond acceptors (Lipinski definition) is 5. The fourth-order valence-electron chi connectivity index (χ4n) is 2.77. The van der Waals surface area contributed by atoms with Gasteiger partial charge in [0.1, 0.15) is 5.82 Å². The Morgan fingerprint density at radius 1 is 1.19 bits per heavy atom. The molecule has 162 valence electrons. The van der Waals surface area contributed by atoms with Crippen LogP contribution < -0.4 is 5.32 Å². The quantitative estimate of drug-likeness (QED) is 0.268. The van der Waals surface area contributed by atoms with Crippen LogP contribution in [-0.2, 0) is 22.8 Å². The molecule has 0 unspecified atom stereocenters. The fraction of sp³-hybridized carbons (Fsp3) is 0.227. The van der Waals surface area contributed by atoms with Crippen molar-refractivity contribution in [1.82, 2.24) is 14.8 Å². The summed E-state index contributed by atoms with van der Waals surface area (Å²) >= 11 is 15.3. The van der Waals surface area contributed by atoms with E-state index in [1.54, 1.807) is 23.9 Å². The number of hydrogen-bond donors (Lipinski definition) is 1. The number of thioether (sulfide) groups is 2. The summed E-state index contributed by atoms with van der Waals surface area (Å²) in [6, 6.07) is 13.2. The van der Waals surface area contributed by atoms with Gasteiger partial charge in [0.2, 0.25) is 5.91 Å². The molecule has 1 amide bonds. The van der Waals surface area contributed by atoms with E-state index in [1.165, 1.54) is 11.8 Å². The van der Waals surface area contributed by atoms with E-state index < -0.39 is 0 Å². The molecule has 0 aliphatic rings. The molecular formula is C22H22Cl2N4OS2. The highest BCUT2D eigenvalue weighted by molar-refractivity contribution is 7.99. The smallest absolute Gasteiger partial charge is 0.234 e. The van der Waals surface area contributed by atoms with Crippen molar-refractivity contribution in [3.05, 3.63) is 82.1 Å². The first kappa shape index (κ1) is 23.7. The van der Waals surface area contributed by atoms with Crippen molar-refractivity contribution >= 4 is 58.3 Å². The second-order valence-corrected chi connectivity index (χ2v) is 9.45. The minimum absolute atomic E-state index is 0.0826. The first-order chi connectivity index (χ1) is 15.0. The standard InChI is InChI=1S/C22H22Cl2N4OS2/c1-3-10-28-20(13-30-12-16-8-9-17(23)11-18(16)24)26-27-22(28)31-14-21(29)25-19-7-5-4-6-15(19)2/h3-9,11H,1,10,12-14H2,2H3,(H,25,29). The molecule has 31 heavy (non-hydrogen) atoms. The van der Waals surface area contributed by atoms with Crippen LogP contribution >= 0.6 is 46.7 Å². The van der Waals surface area contributed by atoms with Crippen LogP contribution in [0, 0.1) is 6.92 Å². The molecule has 0 aliphatic heterocycles. The highest BCUT2D eigenvalue weighted by Gasteiger charge is 2.14. The lowest BCUT2D eigenvalue weighted by atomic mass is 10.2. The van der Waals surface area contributed by atoms with Gasteiger partial charge in [-0.1, -0.05) is 65.3 Å². The zero-order valence-electron chi connectivity index (χ0n) is 17.0. The number of carbonyl (C=O) groups excluding carboxylic acids is 1. The number of aromatic nitrogens is 3. The monoisotopic (exact) mass is 492 g/mol. The van der Waals surface area contributed by atoms with Crippen molar-refractivity contribution in [3.63, 3.8) is 0 Å². The molecule has 3 aromatic rings. The summed E-state index contributed by atoms with van der Waals surface area (Å²) in [7, 11) is 0. The number of benzene rings is 2. The Labute approximate surface area is 200 Å². The molecule has 0 fully saturated rings. The lowest BCUT2D eigenvalue weighted by Gasteiger charge is -2.09. The molecule has 1 aromatic heterocycles. The number of rotatable bonds is 10. The lowest BCUT2D eigenvalue weighted by molar-refractivity contribution is -0.113. The number of nitrogens with zero attached hydrogens (tertiary/aromatic N) is 3. The van der Waals surface area contributed by atoms with Crippen molar-refractivity contribution in [2.24, 2.45) is 0 Å². The van der Waals surface area contributed by atoms with Gasteiger partial charge in [0.15, 0.2) is 5.16 Å². The number of anilines is 1. The van der Waals surface area contributed by atoms with Gasteiger partial charge in [-0.15, -0.1) is 28.5 Å². The zero-order valence-corrected chi connectivity index (χ0v) is 20.1. The van der Waals surface area contributed by atoms with Crippen molar-refractivity contribution < 1.29 is 4.79 Å². The molecule has 0 bridgehead atoms. The molecule has 2 aromatic carbocycles. The van der Waals surface area contributed by atoms with Gasteiger partial charge in [0.05, 0.1) is 11.5 Å². The van der Waals surface area contributed by atoms with Crippen LogP contribution in [0.1, 0.15) is 17.0 Å². The lowest BCUT2D eigenvalue weighted by Crippen LogP contribution is -2.15. The number of halogens is 2. The van der Waals surface area contributed by atoms with Gasteiger partial charge >= 0.3 is 0 Å². The van der Waals surface area contributed by atoms with E-state index >= 15 is 0 Å². The van der Waals surface area contributed by atoms with Crippen LogP contribution in [0.2, 0.25) is 10.0 Å². The third-order valence-electron chi connectivity index (χ3n) is 4.36. The third kappa shape index (κ3) is 6.77. The Hall–Kier alpha value is -1.93. The topological polar surface area (TPSA) is 59.8 Å². The van der Waals surface area contributed by atoms with Crippen LogP contribution in [0.3, 0.4) is 0 Å².